The maximum absolute atomic E-state index is 13.2. The molecule has 9 nitrogen and oxygen atoms in total. The summed E-state index contributed by atoms with van der Waals surface area (Å²) in [6.45, 7) is 7.46. The van der Waals surface area contributed by atoms with E-state index in [-0.39, 0.29) is 30.1 Å². The van der Waals surface area contributed by atoms with E-state index in [1.807, 2.05) is 35.2 Å². The van der Waals surface area contributed by atoms with Crippen molar-refractivity contribution in [3.8, 4) is 0 Å². The molecule has 0 radical (unpaired) electrons. The van der Waals surface area contributed by atoms with E-state index in [2.05, 4.69) is 40.9 Å². The van der Waals surface area contributed by atoms with Gasteiger partial charge in [-0.3, -0.25) is 4.90 Å². The minimum atomic E-state index is -0.303. The van der Waals surface area contributed by atoms with E-state index in [9.17, 15) is 9.59 Å². The quantitative estimate of drug-likeness (QED) is 0.186. The molecule has 2 atom stereocenters. The summed E-state index contributed by atoms with van der Waals surface area (Å²) in [4.78, 5) is 34.3. The highest BCUT2D eigenvalue weighted by Crippen LogP contribution is 2.57. The minimum Gasteiger partial charge on any atom is -0.465 e. The zero-order valence-electron chi connectivity index (χ0n) is 26.0. The molecule has 7 rings (SSSR count). The molecule has 45 heavy (non-hydrogen) atoms. The van der Waals surface area contributed by atoms with Gasteiger partial charge in [-0.15, -0.1) is 0 Å². The van der Waals surface area contributed by atoms with E-state index < -0.39 is 0 Å². The van der Waals surface area contributed by atoms with Crippen molar-refractivity contribution in [2.24, 2.45) is 5.41 Å². The van der Waals surface area contributed by atoms with E-state index in [1.54, 1.807) is 6.08 Å². The van der Waals surface area contributed by atoms with Crippen LogP contribution in [0.4, 0.5) is 4.79 Å². The van der Waals surface area contributed by atoms with Gasteiger partial charge in [0.05, 0.1) is 18.1 Å². The smallest absolute Gasteiger partial charge is 0.410 e. The summed E-state index contributed by atoms with van der Waals surface area (Å²) in [7, 11) is 1.40. The first-order valence-corrected chi connectivity index (χ1v) is 16.2. The number of carbonyl (C=O) groups is 2. The molecule has 4 fully saturated rings. The van der Waals surface area contributed by atoms with Crippen molar-refractivity contribution in [2.75, 3.05) is 33.4 Å². The number of amides is 1. The highest BCUT2D eigenvalue weighted by molar-refractivity contribution is 5.89. The minimum absolute atomic E-state index is 0.116. The highest BCUT2D eigenvalue weighted by Gasteiger charge is 2.55. The lowest BCUT2D eigenvalue weighted by Gasteiger charge is -2.51. The van der Waals surface area contributed by atoms with E-state index in [0.717, 1.165) is 63.5 Å². The van der Waals surface area contributed by atoms with Gasteiger partial charge in [0, 0.05) is 31.0 Å². The van der Waals surface area contributed by atoms with Crippen LogP contribution in [0, 0.1) is 5.41 Å². The van der Waals surface area contributed by atoms with Crippen molar-refractivity contribution < 1.29 is 23.6 Å². The third-order valence-electron chi connectivity index (χ3n) is 10.6. The number of likely N-dealkylation sites (tertiary alicyclic amines) is 1. The molecule has 1 unspecified atom stereocenters. The van der Waals surface area contributed by atoms with Crippen LogP contribution >= 0.6 is 0 Å². The van der Waals surface area contributed by atoms with Crippen molar-refractivity contribution in [3.05, 3.63) is 95.7 Å². The fourth-order valence-corrected chi connectivity index (χ4v) is 7.54. The molecule has 1 saturated heterocycles. The molecule has 0 N–H and O–H groups in total. The van der Waals surface area contributed by atoms with E-state index in [4.69, 9.17) is 19.0 Å². The Morgan fingerprint density at radius 1 is 1.07 bits per heavy atom. The maximum Gasteiger partial charge on any atom is 0.410 e. The van der Waals surface area contributed by atoms with Gasteiger partial charge in [0.1, 0.15) is 6.61 Å². The number of benzene rings is 2. The van der Waals surface area contributed by atoms with Gasteiger partial charge in [0.15, 0.2) is 5.82 Å². The van der Waals surface area contributed by atoms with Crippen LogP contribution in [0.25, 0.3) is 0 Å². The molecule has 2 heterocycles. The molecule has 1 aliphatic heterocycles. The lowest BCUT2D eigenvalue weighted by molar-refractivity contribution is 0.00406. The molecule has 1 spiro atoms. The van der Waals surface area contributed by atoms with Crippen LogP contribution in [0.15, 0.2) is 71.8 Å². The Morgan fingerprint density at radius 2 is 1.80 bits per heavy atom. The van der Waals surface area contributed by atoms with Gasteiger partial charge >= 0.3 is 12.1 Å². The van der Waals surface area contributed by atoms with E-state index >= 15 is 0 Å². The number of nitrogens with zero attached hydrogens (tertiary/aromatic N) is 4. The second kappa shape index (κ2) is 12.1. The number of aromatic nitrogens is 2. The molecule has 236 valence electrons. The Hall–Kier alpha value is -3.98. The Kier molecular flexibility index (Phi) is 7.98. The summed E-state index contributed by atoms with van der Waals surface area (Å²) < 4.78 is 16.2. The lowest BCUT2D eigenvalue weighted by atomic mass is 9.57. The standard InChI is InChI=1S/C36H42N4O5/c1-3-19-44-34(42)40(30-20-29(30)26-7-5-4-6-8-26)24-36(13-14-36)33-37-31(45-38-33)28-21-35(22-28)15-17-39(18-16-35)23-25-9-11-27(12-10-25)32(41)43-2/h3-12,28-30H,1,13-24H2,2H3/t29-,30?/m1/s1. The van der Waals surface area contributed by atoms with Gasteiger partial charge in [0.2, 0.25) is 5.89 Å². The van der Waals surface area contributed by atoms with Crippen molar-refractivity contribution in [1.29, 1.82) is 0 Å². The van der Waals surface area contributed by atoms with Crippen LogP contribution in [-0.2, 0) is 21.4 Å². The predicted molar refractivity (Wildman–Crippen MR) is 168 cm³/mol. The van der Waals surface area contributed by atoms with Crippen LogP contribution < -0.4 is 0 Å². The molecule has 2 aromatic carbocycles. The van der Waals surface area contributed by atoms with Gasteiger partial charge in [-0.05, 0) is 86.7 Å². The maximum atomic E-state index is 13.2. The summed E-state index contributed by atoms with van der Waals surface area (Å²) >= 11 is 0. The average molecular weight is 611 g/mol. The predicted octanol–water partition coefficient (Wildman–Crippen LogP) is 6.23. The van der Waals surface area contributed by atoms with Crippen LogP contribution in [0.1, 0.15) is 90.0 Å². The summed E-state index contributed by atoms with van der Waals surface area (Å²) in [6.07, 6.45) is 8.64. The monoisotopic (exact) mass is 610 g/mol. The molecule has 3 aliphatic carbocycles. The molecule has 1 amide bonds. The Balaban J connectivity index is 0.937. The summed E-state index contributed by atoms with van der Waals surface area (Å²) in [5, 5.41) is 4.48. The van der Waals surface area contributed by atoms with Gasteiger partial charge in [-0.2, -0.15) is 4.98 Å². The normalized spacial score (nSPS) is 23.1. The number of carbonyl (C=O) groups excluding carboxylic acids is 2. The number of hydrogen-bond acceptors (Lipinski definition) is 8. The first kappa shape index (κ1) is 29.7. The average Bonchev–Trinajstić information content (AvgIpc) is 3.98. The Bertz CT molecular complexity index is 1520. The van der Waals surface area contributed by atoms with Gasteiger partial charge in [0.25, 0.3) is 0 Å². The van der Waals surface area contributed by atoms with Crippen LogP contribution in [0.2, 0.25) is 0 Å². The summed E-state index contributed by atoms with van der Waals surface area (Å²) in [6, 6.07) is 18.2. The van der Waals surface area contributed by atoms with Gasteiger partial charge < -0.3 is 18.9 Å². The van der Waals surface area contributed by atoms with Gasteiger partial charge in [-0.25, -0.2) is 9.59 Å². The number of piperidine rings is 1. The molecule has 3 aromatic rings. The SMILES string of the molecule is C=CCOC(=O)N(CC1(c2noc(C3CC4(CCN(Cc5ccc(C(=O)OC)cc5)CC4)C3)n2)CC1)C1C[C@@H]1c1ccccc1. The summed E-state index contributed by atoms with van der Waals surface area (Å²) in [5.41, 5.74) is 3.14. The van der Waals surface area contributed by atoms with E-state index in [0.29, 0.717) is 29.4 Å². The van der Waals surface area contributed by atoms with E-state index in [1.165, 1.54) is 31.1 Å². The largest absolute Gasteiger partial charge is 0.465 e. The second-order valence-electron chi connectivity index (χ2n) is 13.6. The molecule has 0 bridgehead atoms. The van der Waals surface area contributed by atoms with Crippen molar-refractivity contribution in [2.45, 2.75) is 74.8 Å². The molecule has 4 aliphatic rings. The zero-order valence-corrected chi connectivity index (χ0v) is 26.0. The number of ether oxygens (including phenoxy) is 2. The lowest BCUT2D eigenvalue weighted by Crippen LogP contribution is -2.46. The third kappa shape index (κ3) is 6.15. The van der Waals surface area contributed by atoms with Crippen LogP contribution in [0.5, 0.6) is 0 Å². The summed E-state index contributed by atoms with van der Waals surface area (Å²) in [5.74, 6) is 1.82. The molecule has 1 aromatic heterocycles. The van der Waals surface area contributed by atoms with Crippen LogP contribution in [-0.4, -0.2) is 71.4 Å². The fraction of sp³-hybridized carbons (Fsp3) is 0.500. The Morgan fingerprint density at radius 3 is 2.47 bits per heavy atom. The van der Waals surface area contributed by atoms with Crippen molar-refractivity contribution >= 4 is 12.1 Å². The first-order valence-electron chi connectivity index (χ1n) is 16.2. The van der Waals surface area contributed by atoms with Crippen molar-refractivity contribution in [3.63, 3.8) is 0 Å². The zero-order chi connectivity index (χ0) is 31.0. The van der Waals surface area contributed by atoms with Crippen LogP contribution in [0.3, 0.4) is 0 Å². The number of esters is 1. The van der Waals surface area contributed by atoms with Gasteiger partial charge in [-0.1, -0.05) is 60.3 Å². The molecule has 3 saturated carbocycles. The molecule has 9 heteroatoms. The number of rotatable bonds is 11. The topological polar surface area (TPSA) is 98.0 Å². The number of hydrogen-bond donors (Lipinski definition) is 0. The molecular formula is C36H42N4O5. The third-order valence-corrected chi connectivity index (χ3v) is 10.6. The second-order valence-corrected chi connectivity index (χ2v) is 13.6. The number of methoxy groups -OCH3 is 1. The Labute approximate surface area is 264 Å². The van der Waals surface area contributed by atoms with Crippen molar-refractivity contribution in [1.82, 2.24) is 19.9 Å². The molecular weight excluding hydrogens is 568 g/mol. The fourth-order valence-electron chi connectivity index (χ4n) is 7.54. The highest BCUT2D eigenvalue weighted by atomic mass is 16.6. The first-order chi connectivity index (χ1) is 21.9.